The van der Waals surface area contributed by atoms with Crippen LogP contribution in [-0.4, -0.2) is 170 Å². The number of benzene rings is 3. The third-order valence-corrected chi connectivity index (χ3v) is 26.1. The maximum atomic E-state index is 14.8. The van der Waals surface area contributed by atoms with Gasteiger partial charge in [0.05, 0.1) is 120 Å². The van der Waals surface area contributed by atoms with Crippen LogP contribution in [-0.2, 0) is 14.4 Å². The van der Waals surface area contributed by atoms with Gasteiger partial charge in [0, 0.05) is 113 Å². The lowest BCUT2D eigenvalue weighted by Crippen LogP contribution is -2.49. The number of nitrogens with zero attached hydrogens (tertiary/aromatic N) is 18. The second kappa shape index (κ2) is 40.1. The molecule has 0 bridgehead atoms. The van der Waals surface area contributed by atoms with E-state index in [1.165, 1.54) is 50.1 Å². The molecule has 0 aliphatic carbocycles. The number of rotatable bonds is 15. The Kier molecular flexibility index (Phi) is 29.6. The number of carbonyl (C=O) groups is 3. The van der Waals surface area contributed by atoms with Crippen molar-refractivity contribution in [3.05, 3.63) is 255 Å². The van der Waals surface area contributed by atoms with E-state index in [1.807, 2.05) is 59.8 Å². The van der Waals surface area contributed by atoms with E-state index in [0.29, 0.717) is 50.8 Å². The first-order chi connectivity index (χ1) is 64.0. The molecule has 12 heterocycles. The number of carbonyl (C=O) groups excluding carboxylic acids is 3. The molecule has 12 aromatic rings. The van der Waals surface area contributed by atoms with E-state index < -0.39 is 116 Å². The number of hydrogen-bond acceptors (Lipinski definition) is 21. The molecule has 0 spiro atoms. The van der Waals surface area contributed by atoms with Crippen LogP contribution in [0.1, 0.15) is 110 Å². The number of aryl methyl sites for hydroxylation is 3. The van der Waals surface area contributed by atoms with E-state index in [9.17, 15) is 86.2 Å². The molecule has 3 amide bonds. The molecule has 15 rings (SSSR count). The zero-order chi connectivity index (χ0) is 98.7. The summed E-state index contributed by atoms with van der Waals surface area (Å²) in [6.45, 7) is 30.5. The first-order valence-corrected chi connectivity index (χ1v) is 44.5. The van der Waals surface area contributed by atoms with Crippen molar-refractivity contribution in [1.82, 2.24) is 58.3 Å². The largest absolute Gasteiger partial charge is 0.506 e. The maximum Gasteiger partial charge on any atom is 0.276 e. The number of pyridine rings is 9. The average Bonchev–Trinajstić information content (AvgIpc) is 0.728. The normalized spacial score (nSPS) is 13.4. The minimum absolute atomic E-state index is 0.0210. The summed E-state index contributed by atoms with van der Waals surface area (Å²) < 4.78 is 90.9. The number of hydrogen-bond donors (Lipinski definition) is 3. The van der Waals surface area contributed by atoms with Crippen molar-refractivity contribution in [1.29, 1.82) is 15.8 Å². The molecule has 27 nitrogen and oxygen atoms in total. The molecule has 0 saturated carbocycles. The molecular formula is C93H75Cl9F6N18O9. The Bertz CT molecular complexity index is 6650. The summed E-state index contributed by atoms with van der Waals surface area (Å²) >= 11 is 56.5. The average molecular weight is 2020 g/mol. The summed E-state index contributed by atoms with van der Waals surface area (Å²) in [6.07, 6.45) is 8.44. The second-order valence-electron chi connectivity index (χ2n) is 32.0. The van der Waals surface area contributed by atoms with Gasteiger partial charge in [0.15, 0.2) is 34.8 Å². The molecule has 135 heavy (non-hydrogen) atoms. The molecule has 3 aliphatic heterocycles. The Morgan fingerprint density at radius 3 is 0.867 bits per heavy atom. The minimum Gasteiger partial charge on any atom is -0.506 e. The smallest absolute Gasteiger partial charge is 0.276 e. The maximum absolute atomic E-state index is 14.8. The van der Waals surface area contributed by atoms with Crippen LogP contribution in [0, 0.1) is 89.7 Å². The van der Waals surface area contributed by atoms with Gasteiger partial charge in [-0.05, 0) is 110 Å². The SMILES string of the molecule is C=CC(=O)N1CCN(c2c(C#N)c(=O)n(-c3c(C)ccnc3C(C)C)c3nc(-c4c(O)c(Cl)c(F)c(F)c4Cl)c(Cl)cc23)CC1.C=CC(=O)N1CCN(c2c(C#N)c(=O)n(-c3c(C)ccnc3C(C)C)c3nc(-c4c(O)c(Cl)c(F)c(F)c4Cl)c(Cl)cc23)CC1.C=CC(=O)N1CCN(c2c(C#N)c(=O)n(-c3c(C)ccnc3C(C)C)c3nc(-c4c(O)c(F)c(F)c(Cl)c4Cl)c(Cl)cc23)CC1. The van der Waals surface area contributed by atoms with Crippen molar-refractivity contribution in [2.75, 3.05) is 93.2 Å². The summed E-state index contributed by atoms with van der Waals surface area (Å²) in [6, 6.07) is 15.5. The number of amides is 3. The van der Waals surface area contributed by atoms with Gasteiger partial charge in [-0.1, -0.05) is 166 Å². The summed E-state index contributed by atoms with van der Waals surface area (Å²) in [5.74, 6) is -13.6. The molecule has 3 saturated heterocycles. The Balaban J connectivity index is 0.000000171. The van der Waals surface area contributed by atoms with E-state index in [1.54, 1.807) is 87.0 Å². The Morgan fingerprint density at radius 1 is 0.378 bits per heavy atom. The van der Waals surface area contributed by atoms with Crippen LogP contribution in [0.4, 0.5) is 43.4 Å². The molecule has 9 aromatic heterocycles. The predicted octanol–water partition coefficient (Wildman–Crippen LogP) is 19.6. The number of aromatic hydroxyl groups is 3. The number of fused-ring (bicyclic) bond motifs is 3. The van der Waals surface area contributed by atoms with Crippen molar-refractivity contribution >= 4 is 172 Å². The van der Waals surface area contributed by atoms with Crippen LogP contribution in [0.25, 0.3) is 83.9 Å². The zero-order valence-electron chi connectivity index (χ0n) is 72.8. The van der Waals surface area contributed by atoms with Crippen LogP contribution in [0.15, 0.2) is 107 Å². The third-order valence-electron chi connectivity index (χ3n) is 23.0. The van der Waals surface area contributed by atoms with E-state index in [0.717, 1.165) is 0 Å². The van der Waals surface area contributed by atoms with E-state index >= 15 is 0 Å². The van der Waals surface area contributed by atoms with Crippen molar-refractivity contribution < 1.29 is 56.0 Å². The van der Waals surface area contributed by atoms with E-state index in [-0.39, 0.29) is 213 Å². The van der Waals surface area contributed by atoms with Crippen LogP contribution in [0.3, 0.4) is 0 Å². The molecule has 0 unspecified atom stereocenters. The van der Waals surface area contributed by atoms with Gasteiger partial charge in [-0.15, -0.1) is 0 Å². The number of anilines is 3. The summed E-state index contributed by atoms with van der Waals surface area (Å²) in [5, 5.41) is 58.8. The lowest BCUT2D eigenvalue weighted by atomic mass is 10.0. The van der Waals surface area contributed by atoms with Crippen LogP contribution in [0.2, 0.25) is 45.2 Å². The fourth-order valence-electron chi connectivity index (χ4n) is 16.4. The van der Waals surface area contributed by atoms with Gasteiger partial charge < -0.3 is 44.7 Å². The monoisotopic (exact) mass is 2020 g/mol. The van der Waals surface area contributed by atoms with Gasteiger partial charge >= 0.3 is 0 Å². The number of aromatic nitrogens is 9. The predicted molar refractivity (Wildman–Crippen MR) is 509 cm³/mol. The fourth-order valence-corrected chi connectivity index (χ4v) is 18.5. The topological polar surface area (TPSA) is 346 Å². The number of halogens is 15. The highest BCUT2D eigenvalue weighted by molar-refractivity contribution is 6.45. The summed E-state index contributed by atoms with van der Waals surface area (Å²) in [4.78, 5) is 117. The summed E-state index contributed by atoms with van der Waals surface area (Å²) in [5.41, 5.74) is 0.144. The second-order valence-corrected chi connectivity index (χ2v) is 35.5. The molecule has 696 valence electrons. The van der Waals surface area contributed by atoms with E-state index in [2.05, 4.69) is 49.6 Å². The van der Waals surface area contributed by atoms with E-state index in [4.69, 9.17) is 104 Å². The lowest BCUT2D eigenvalue weighted by Gasteiger charge is -2.36. The number of piperazine rings is 3. The van der Waals surface area contributed by atoms with Crippen LogP contribution in [0.5, 0.6) is 17.2 Å². The number of nitriles is 3. The van der Waals surface area contributed by atoms with Crippen LogP contribution < -0.4 is 31.4 Å². The van der Waals surface area contributed by atoms with Gasteiger partial charge in [-0.3, -0.25) is 57.4 Å². The molecule has 0 atom stereocenters. The first kappa shape index (κ1) is 99.7. The molecule has 3 aliphatic rings. The molecule has 0 radical (unpaired) electrons. The standard InChI is InChI=1S/3C31H25Cl3F2N6O3/c2*1-5-19(43)40-8-10-41(11-9-40)28-16-12-18(32)26(20-21(33)23(35)24(36)22(34)29(20)44)39-30(16)42(31(45)17(28)13-37)27-15(4)6-7-38-25(27)14(2)3;1-5-19(43)40-8-10-41(11-9-40)28-16-12-18(32)26(20-21(33)22(34)23(35)24(36)29(20)44)39-30(16)42(31(45)17(28)13-37)27-15(4)6-7-38-25(27)14(2)3/h3*5-7,12,14,44H,1,8-11H2,2-4H3. The number of phenols is 3. The first-order valence-electron chi connectivity index (χ1n) is 41.1. The van der Waals surface area contributed by atoms with Crippen molar-refractivity contribution in [2.45, 2.75) is 80.1 Å². The molecule has 3 N–H and O–H groups in total. The van der Waals surface area contributed by atoms with Gasteiger partial charge in [-0.2, -0.15) is 20.2 Å². The van der Waals surface area contributed by atoms with Crippen LogP contribution >= 0.6 is 104 Å². The van der Waals surface area contributed by atoms with Crippen molar-refractivity contribution in [3.8, 4) is 86.3 Å². The molecular weight excluding hydrogens is 1950 g/mol. The van der Waals surface area contributed by atoms with Crippen molar-refractivity contribution in [3.63, 3.8) is 0 Å². The highest BCUT2D eigenvalue weighted by Gasteiger charge is 2.38. The van der Waals surface area contributed by atoms with Gasteiger partial charge in [0.1, 0.15) is 73.4 Å². The Morgan fingerprint density at radius 2 is 0.622 bits per heavy atom. The highest BCUT2D eigenvalue weighted by atomic mass is 35.5. The fraction of sp³-hybridized carbons (Fsp3) is 0.258. The van der Waals surface area contributed by atoms with Gasteiger partial charge in [0.25, 0.3) is 16.7 Å². The Hall–Kier alpha value is -12.7. The van der Waals surface area contributed by atoms with Gasteiger partial charge in [0.2, 0.25) is 23.5 Å². The lowest BCUT2D eigenvalue weighted by molar-refractivity contribution is -0.127. The zero-order valence-corrected chi connectivity index (χ0v) is 79.6. The molecule has 42 heteroatoms. The molecule has 3 fully saturated rings. The third kappa shape index (κ3) is 17.8. The number of phenolic OH excluding ortho intramolecular Hbond substituents is 3. The quantitative estimate of drug-likeness (QED) is 0.0371. The minimum atomic E-state index is -1.66. The summed E-state index contributed by atoms with van der Waals surface area (Å²) in [7, 11) is 0. The Labute approximate surface area is 810 Å². The molecule has 3 aromatic carbocycles. The van der Waals surface area contributed by atoms with Crippen molar-refractivity contribution in [2.24, 2.45) is 0 Å². The highest BCUT2D eigenvalue weighted by Crippen LogP contribution is 2.52. The van der Waals surface area contributed by atoms with Gasteiger partial charge in [-0.25, -0.2) is 36.9 Å².